The number of alkyl halides is 3. The number of amides is 2. The molecule has 3 saturated heterocycles. The van der Waals surface area contributed by atoms with E-state index in [0.29, 0.717) is 38.7 Å². The summed E-state index contributed by atoms with van der Waals surface area (Å²) in [6.45, 7) is 5.18. The zero-order valence-corrected chi connectivity index (χ0v) is 17.4. The predicted octanol–water partition coefficient (Wildman–Crippen LogP) is 2.14. The smallest absolute Gasteiger partial charge is 0.475 e. The van der Waals surface area contributed by atoms with Gasteiger partial charge in [0.05, 0.1) is 31.1 Å². The Hall–Kier alpha value is -2.70. The van der Waals surface area contributed by atoms with Gasteiger partial charge in [0.1, 0.15) is 0 Å². The number of likely N-dealkylation sites (tertiary alicyclic amines) is 2. The van der Waals surface area contributed by atoms with E-state index in [1.807, 2.05) is 9.80 Å². The molecule has 178 valence electrons. The number of carboxylic acids is 1. The number of urea groups is 1. The van der Waals surface area contributed by atoms with Crippen LogP contribution in [-0.4, -0.2) is 94.5 Å². The zero-order chi connectivity index (χ0) is 23.4. The maximum absolute atomic E-state index is 13.0. The molecular formula is C19H25F4N5O4. The maximum atomic E-state index is 13.0. The lowest BCUT2D eigenvalue weighted by atomic mass is 9.89. The lowest BCUT2D eigenvalue weighted by molar-refractivity contribution is -0.192. The van der Waals surface area contributed by atoms with Crippen molar-refractivity contribution in [3.63, 3.8) is 0 Å². The maximum Gasteiger partial charge on any atom is 0.490 e. The summed E-state index contributed by atoms with van der Waals surface area (Å²) in [6, 6.07) is 0.168. The third kappa shape index (κ3) is 5.96. The number of ether oxygens (including phenoxy) is 1. The van der Waals surface area contributed by atoms with Crippen molar-refractivity contribution in [1.82, 2.24) is 19.8 Å². The van der Waals surface area contributed by atoms with Crippen LogP contribution in [0.5, 0.6) is 0 Å². The fraction of sp³-hybridized carbons (Fsp3) is 0.684. The van der Waals surface area contributed by atoms with Crippen molar-refractivity contribution in [3.8, 4) is 0 Å². The fourth-order valence-electron chi connectivity index (χ4n) is 4.00. The Kier molecular flexibility index (Phi) is 7.36. The van der Waals surface area contributed by atoms with E-state index in [9.17, 15) is 22.4 Å². The average molecular weight is 463 g/mol. The van der Waals surface area contributed by atoms with Crippen molar-refractivity contribution in [2.24, 2.45) is 0 Å². The highest BCUT2D eigenvalue weighted by Gasteiger charge is 2.42. The van der Waals surface area contributed by atoms with Gasteiger partial charge in [-0.15, -0.1) is 0 Å². The van der Waals surface area contributed by atoms with E-state index >= 15 is 0 Å². The molecule has 3 aliphatic rings. The SMILES string of the molecule is O=C(N1CCCC1)N1CCC2(CC1)CN(c1ncc(F)cn1)CCO2.O=C(O)C(F)(F)F. The number of anilines is 1. The average Bonchev–Trinajstić information content (AvgIpc) is 3.29. The minimum atomic E-state index is -5.08. The topological polar surface area (TPSA) is 99.1 Å². The Morgan fingerprint density at radius 2 is 1.53 bits per heavy atom. The molecule has 0 aliphatic carbocycles. The van der Waals surface area contributed by atoms with Crippen LogP contribution in [0.25, 0.3) is 0 Å². The van der Waals surface area contributed by atoms with Gasteiger partial charge in [0, 0.05) is 32.7 Å². The van der Waals surface area contributed by atoms with Gasteiger partial charge < -0.3 is 24.5 Å². The predicted molar refractivity (Wildman–Crippen MR) is 104 cm³/mol. The molecule has 1 N–H and O–H groups in total. The molecule has 0 bridgehead atoms. The van der Waals surface area contributed by atoms with E-state index in [2.05, 4.69) is 14.9 Å². The molecule has 13 heteroatoms. The van der Waals surface area contributed by atoms with E-state index in [-0.39, 0.29) is 11.6 Å². The number of aromatic nitrogens is 2. The highest BCUT2D eigenvalue weighted by Crippen LogP contribution is 2.32. The van der Waals surface area contributed by atoms with Crippen LogP contribution < -0.4 is 4.90 Å². The van der Waals surface area contributed by atoms with E-state index in [0.717, 1.165) is 38.8 Å². The third-order valence-corrected chi connectivity index (χ3v) is 5.70. The number of hydrogen-bond acceptors (Lipinski definition) is 6. The molecule has 3 fully saturated rings. The summed E-state index contributed by atoms with van der Waals surface area (Å²) in [6.07, 6.45) is 1.15. The largest absolute Gasteiger partial charge is 0.490 e. The molecule has 0 saturated carbocycles. The molecule has 0 unspecified atom stereocenters. The molecule has 0 radical (unpaired) electrons. The minimum Gasteiger partial charge on any atom is -0.475 e. The molecular weight excluding hydrogens is 438 g/mol. The Bertz CT molecular complexity index is 794. The summed E-state index contributed by atoms with van der Waals surface area (Å²) in [5.74, 6) is -2.65. The number of carbonyl (C=O) groups excluding carboxylic acids is 1. The van der Waals surface area contributed by atoms with Crippen LogP contribution in [0.15, 0.2) is 12.4 Å². The lowest BCUT2D eigenvalue weighted by Crippen LogP contribution is -2.59. The first-order valence-corrected chi connectivity index (χ1v) is 10.3. The standard InChI is InChI=1S/C17H24FN5O2.C2HF3O2/c18-14-11-19-15(20-12-14)23-9-10-25-17(13-23)3-7-22(8-4-17)16(24)21-5-1-2-6-21;3-2(4,5)1(6)7/h11-12H,1-10,13H2;(H,6,7). The van der Waals surface area contributed by atoms with Gasteiger partial charge in [0.15, 0.2) is 5.82 Å². The van der Waals surface area contributed by atoms with E-state index in [1.165, 1.54) is 12.4 Å². The summed E-state index contributed by atoms with van der Waals surface area (Å²) >= 11 is 0. The Labute approximate surface area is 182 Å². The molecule has 1 aromatic rings. The zero-order valence-electron chi connectivity index (χ0n) is 17.4. The molecule has 2 amide bonds. The van der Waals surface area contributed by atoms with E-state index < -0.39 is 18.0 Å². The van der Waals surface area contributed by atoms with Crippen molar-refractivity contribution in [3.05, 3.63) is 18.2 Å². The Morgan fingerprint density at radius 1 is 1.00 bits per heavy atom. The van der Waals surface area contributed by atoms with E-state index in [4.69, 9.17) is 14.6 Å². The second-order valence-corrected chi connectivity index (χ2v) is 7.92. The molecule has 1 aromatic heterocycles. The molecule has 4 heterocycles. The molecule has 0 aromatic carbocycles. The van der Waals surface area contributed by atoms with Crippen LogP contribution in [0.3, 0.4) is 0 Å². The molecule has 0 atom stereocenters. The first-order chi connectivity index (χ1) is 15.1. The minimum absolute atomic E-state index is 0.168. The number of rotatable bonds is 1. The number of carbonyl (C=O) groups is 2. The van der Waals surface area contributed by atoms with Gasteiger partial charge in [-0.2, -0.15) is 13.2 Å². The monoisotopic (exact) mass is 463 g/mol. The van der Waals surface area contributed by atoms with Gasteiger partial charge in [0.25, 0.3) is 0 Å². The highest BCUT2D eigenvalue weighted by molar-refractivity contribution is 5.75. The molecule has 32 heavy (non-hydrogen) atoms. The summed E-state index contributed by atoms with van der Waals surface area (Å²) < 4.78 is 50.9. The van der Waals surface area contributed by atoms with Crippen molar-refractivity contribution in [2.75, 3.05) is 50.8 Å². The molecule has 9 nitrogen and oxygen atoms in total. The number of carboxylic acid groups (broad SMARTS) is 1. The number of nitrogens with zero attached hydrogens (tertiary/aromatic N) is 5. The number of morpholine rings is 1. The fourth-order valence-corrected chi connectivity index (χ4v) is 4.00. The van der Waals surface area contributed by atoms with Crippen LogP contribution in [0.4, 0.5) is 28.3 Å². The highest BCUT2D eigenvalue weighted by atomic mass is 19.4. The number of piperidine rings is 1. The second kappa shape index (κ2) is 9.84. The summed E-state index contributed by atoms with van der Waals surface area (Å²) in [5, 5.41) is 7.12. The molecule has 3 aliphatic heterocycles. The van der Waals surface area contributed by atoms with Crippen molar-refractivity contribution in [1.29, 1.82) is 0 Å². The summed E-state index contributed by atoms with van der Waals surface area (Å²) in [5.41, 5.74) is -0.266. The van der Waals surface area contributed by atoms with Crippen LogP contribution >= 0.6 is 0 Å². The third-order valence-electron chi connectivity index (χ3n) is 5.70. The van der Waals surface area contributed by atoms with Crippen molar-refractivity contribution < 1.29 is 37.0 Å². The van der Waals surface area contributed by atoms with Crippen LogP contribution in [0.2, 0.25) is 0 Å². The lowest BCUT2D eigenvalue weighted by Gasteiger charge is -2.47. The van der Waals surface area contributed by atoms with Gasteiger partial charge in [-0.1, -0.05) is 0 Å². The second-order valence-electron chi connectivity index (χ2n) is 7.92. The number of halogens is 4. The van der Waals surface area contributed by atoms with Crippen LogP contribution in [0, 0.1) is 5.82 Å². The first kappa shape index (κ1) is 24.0. The van der Waals surface area contributed by atoms with Crippen molar-refractivity contribution in [2.45, 2.75) is 37.5 Å². The molecule has 1 spiro atoms. The van der Waals surface area contributed by atoms with Gasteiger partial charge in [-0.05, 0) is 25.7 Å². The summed E-state index contributed by atoms with van der Waals surface area (Å²) in [7, 11) is 0. The van der Waals surface area contributed by atoms with Gasteiger partial charge in [0.2, 0.25) is 5.95 Å². The van der Waals surface area contributed by atoms with Crippen molar-refractivity contribution >= 4 is 17.9 Å². The van der Waals surface area contributed by atoms with Gasteiger partial charge >= 0.3 is 18.2 Å². The first-order valence-electron chi connectivity index (χ1n) is 10.3. The Balaban J connectivity index is 0.000000360. The van der Waals surface area contributed by atoms with Crippen LogP contribution in [0.1, 0.15) is 25.7 Å². The van der Waals surface area contributed by atoms with Gasteiger partial charge in [-0.25, -0.2) is 23.9 Å². The molecule has 4 rings (SSSR count). The number of hydrogen-bond donors (Lipinski definition) is 1. The summed E-state index contributed by atoms with van der Waals surface area (Å²) in [4.78, 5) is 35.6. The van der Waals surface area contributed by atoms with E-state index in [1.54, 1.807) is 0 Å². The van der Waals surface area contributed by atoms with Gasteiger partial charge in [-0.3, -0.25) is 0 Å². The van der Waals surface area contributed by atoms with Crippen LogP contribution in [-0.2, 0) is 9.53 Å². The normalized spacial score (nSPS) is 20.7. The number of aliphatic carboxylic acids is 1. The Morgan fingerprint density at radius 3 is 2.06 bits per heavy atom. The quantitative estimate of drug-likeness (QED) is 0.637.